The van der Waals surface area contributed by atoms with Crippen LogP contribution in [-0.2, 0) is 4.79 Å². The number of aliphatic hydroxyl groups excluding tert-OH is 1. The number of aliphatic carboxylic acids is 1. The molecular formula is C21H18O5. The molecule has 3 rings (SSSR count). The number of rotatable bonds is 6. The number of fused-ring (bicyclic) bond motifs is 1. The van der Waals surface area contributed by atoms with E-state index in [1.165, 1.54) is 12.1 Å². The minimum Gasteiger partial charge on any atom is -0.507 e. The van der Waals surface area contributed by atoms with Crippen LogP contribution in [0.3, 0.4) is 0 Å². The summed E-state index contributed by atoms with van der Waals surface area (Å²) in [5.41, 5.74) is 0.536. The zero-order chi connectivity index (χ0) is 18.5. The van der Waals surface area contributed by atoms with Crippen LogP contribution in [0.5, 0.6) is 11.5 Å². The molecule has 5 nitrogen and oxygen atoms in total. The second kappa shape index (κ2) is 7.72. The molecule has 0 saturated heterocycles. The van der Waals surface area contributed by atoms with Crippen molar-refractivity contribution in [1.82, 2.24) is 0 Å². The summed E-state index contributed by atoms with van der Waals surface area (Å²) in [6.45, 7) is 0. The van der Waals surface area contributed by atoms with E-state index < -0.39 is 18.2 Å². The molecule has 0 spiro atoms. The van der Waals surface area contributed by atoms with Gasteiger partial charge >= 0.3 is 5.97 Å². The molecule has 0 aliphatic carbocycles. The second-order valence-corrected chi connectivity index (χ2v) is 5.76. The molecule has 26 heavy (non-hydrogen) atoms. The minimum absolute atomic E-state index is 0.109. The molecule has 0 radical (unpaired) electrons. The van der Waals surface area contributed by atoms with E-state index in [4.69, 9.17) is 9.84 Å². The van der Waals surface area contributed by atoms with Gasteiger partial charge in [-0.15, -0.1) is 0 Å². The fourth-order valence-corrected chi connectivity index (χ4v) is 2.78. The molecule has 0 unspecified atom stereocenters. The molecule has 0 saturated carbocycles. The third kappa shape index (κ3) is 3.84. The summed E-state index contributed by atoms with van der Waals surface area (Å²) in [6.07, 6.45) is 0.207. The maximum Gasteiger partial charge on any atom is 0.328 e. The Morgan fingerprint density at radius 2 is 1.58 bits per heavy atom. The van der Waals surface area contributed by atoms with E-state index in [1.54, 1.807) is 54.6 Å². The summed E-state index contributed by atoms with van der Waals surface area (Å²) in [5.74, 6) is -0.512. The first-order valence-electron chi connectivity index (χ1n) is 8.08. The number of carboxylic acid groups (broad SMARTS) is 1. The summed E-state index contributed by atoms with van der Waals surface area (Å²) >= 11 is 0. The molecule has 0 bridgehead atoms. The Bertz CT molecular complexity index is 934. The van der Waals surface area contributed by atoms with Crippen molar-refractivity contribution in [2.24, 2.45) is 0 Å². The summed E-state index contributed by atoms with van der Waals surface area (Å²) < 4.78 is 5.80. The predicted molar refractivity (Wildman–Crippen MR) is 98.2 cm³/mol. The van der Waals surface area contributed by atoms with Gasteiger partial charge in [0.05, 0.1) is 0 Å². The highest BCUT2D eigenvalue weighted by Crippen LogP contribution is 2.33. The molecular weight excluding hydrogens is 332 g/mol. The van der Waals surface area contributed by atoms with Gasteiger partial charge in [0.25, 0.3) is 0 Å². The van der Waals surface area contributed by atoms with Crippen LogP contribution >= 0.6 is 0 Å². The molecule has 0 aliphatic rings. The monoisotopic (exact) mass is 350 g/mol. The molecule has 0 heterocycles. The lowest BCUT2D eigenvalue weighted by Crippen LogP contribution is -2.23. The van der Waals surface area contributed by atoms with Crippen molar-refractivity contribution in [3.8, 4) is 11.5 Å². The van der Waals surface area contributed by atoms with Crippen LogP contribution in [-0.4, -0.2) is 27.4 Å². The van der Waals surface area contributed by atoms with Gasteiger partial charge in [-0.1, -0.05) is 48.5 Å². The van der Waals surface area contributed by atoms with Crippen LogP contribution in [0.2, 0.25) is 0 Å². The molecule has 3 aromatic carbocycles. The fourth-order valence-electron chi connectivity index (χ4n) is 2.78. The number of phenols is 1. The number of carbonyl (C=O) groups is 1. The van der Waals surface area contributed by atoms with Gasteiger partial charge in [0.2, 0.25) is 0 Å². The first kappa shape index (κ1) is 17.5. The van der Waals surface area contributed by atoms with Crippen LogP contribution in [0.25, 0.3) is 10.8 Å². The molecule has 132 valence electrons. The lowest BCUT2D eigenvalue weighted by molar-refractivity contribution is -0.131. The zero-order valence-electron chi connectivity index (χ0n) is 13.8. The number of ether oxygens (including phenoxy) is 1. The van der Waals surface area contributed by atoms with Crippen molar-refractivity contribution in [2.45, 2.75) is 12.2 Å². The molecule has 0 amide bonds. The fraction of sp³-hybridized carbons (Fsp3) is 0.0952. The Hall–Kier alpha value is -3.31. The number of hydrogen-bond donors (Lipinski definition) is 3. The van der Waals surface area contributed by atoms with Crippen molar-refractivity contribution in [3.63, 3.8) is 0 Å². The summed E-state index contributed by atoms with van der Waals surface area (Å²) in [7, 11) is 0. The molecule has 3 aromatic rings. The summed E-state index contributed by atoms with van der Waals surface area (Å²) in [4.78, 5) is 10.9. The quantitative estimate of drug-likeness (QED) is 0.591. The lowest BCUT2D eigenvalue weighted by Gasteiger charge is -2.23. The highest BCUT2D eigenvalue weighted by molar-refractivity contribution is 5.91. The third-order valence-electron chi connectivity index (χ3n) is 4.01. The normalized spacial score (nSPS) is 13.6. The van der Waals surface area contributed by atoms with Gasteiger partial charge in [-0.25, -0.2) is 4.79 Å². The molecule has 0 aliphatic heterocycles. The Morgan fingerprint density at radius 3 is 2.27 bits per heavy atom. The Balaban J connectivity index is 2.01. The van der Waals surface area contributed by atoms with Gasteiger partial charge in [-0.05, 0) is 35.2 Å². The second-order valence-electron chi connectivity index (χ2n) is 5.76. The molecule has 0 fully saturated rings. The van der Waals surface area contributed by atoms with Gasteiger partial charge < -0.3 is 20.1 Å². The lowest BCUT2D eigenvalue weighted by atomic mass is 9.96. The van der Waals surface area contributed by atoms with E-state index in [1.807, 2.05) is 6.07 Å². The Morgan fingerprint density at radius 1 is 0.923 bits per heavy atom. The summed E-state index contributed by atoms with van der Waals surface area (Å²) in [5, 5.41) is 31.1. The highest BCUT2D eigenvalue weighted by atomic mass is 16.5. The van der Waals surface area contributed by atoms with E-state index in [9.17, 15) is 15.0 Å². The first-order valence-corrected chi connectivity index (χ1v) is 8.08. The number of phenolic OH excluding ortho intramolecular Hbond substituents is 1. The summed E-state index contributed by atoms with van der Waals surface area (Å²) in [6, 6.07) is 19.1. The van der Waals surface area contributed by atoms with Gasteiger partial charge in [0.1, 0.15) is 23.7 Å². The van der Waals surface area contributed by atoms with E-state index in [0.717, 1.165) is 6.08 Å². The maximum atomic E-state index is 10.9. The van der Waals surface area contributed by atoms with E-state index in [2.05, 4.69) is 0 Å². The van der Waals surface area contributed by atoms with Gasteiger partial charge in [0, 0.05) is 11.5 Å². The van der Waals surface area contributed by atoms with Crippen LogP contribution < -0.4 is 4.74 Å². The minimum atomic E-state index is -1.13. The first-order chi connectivity index (χ1) is 12.6. The van der Waals surface area contributed by atoms with E-state index >= 15 is 0 Å². The molecule has 0 aromatic heterocycles. The van der Waals surface area contributed by atoms with Gasteiger partial charge in [-0.2, -0.15) is 0 Å². The van der Waals surface area contributed by atoms with E-state index in [0.29, 0.717) is 22.1 Å². The SMILES string of the molecule is O=C(O)/C=C/[C@@H](Oc1ccccc1)[C@H](O)c1ccc(O)c2ccccc12. The van der Waals surface area contributed by atoms with Crippen LogP contribution in [0.1, 0.15) is 11.7 Å². The van der Waals surface area contributed by atoms with Crippen molar-refractivity contribution in [3.05, 3.63) is 84.4 Å². The van der Waals surface area contributed by atoms with Gasteiger partial charge in [0.15, 0.2) is 0 Å². The topological polar surface area (TPSA) is 87.0 Å². The zero-order valence-corrected chi connectivity index (χ0v) is 13.8. The van der Waals surface area contributed by atoms with Crippen LogP contribution in [0.15, 0.2) is 78.9 Å². The average molecular weight is 350 g/mol. The molecule has 2 atom stereocenters. The average Bonchev–Trinajstić information content (AvgIpc) is 2.66. The number of aromatic hydroxyl groups is 1. The number of para-hydroxylation sites is 1. The van der Waals surface area contributed by atoms with E-state index in [-0.39, 0.29) is 5.75 Å². The van der Waals surface area contributed by atoms with Gasteiger partial charge in [-0.3, -0.25) is 0 Å². The smallest absolute Gasteiger partial charge is 0.328 e. The standard InChI is InChI=1S/C21H18O5/c22-18-11-10-17(15-8-4-5-9-16(15)18)21(25)19(12-13-20(23)24)26-14-6-2-1-3-7-14/h1-13,19,21-22,25H,(H,23,24)/b13-12+/t19-,21-/m1/s1. The van der Waals surface area contributed by atoms with Crippen LogP contribution in [0, 0.1) is 0 Å². The van der Waals surface area contributed by atoms with Crippen molar-refractivity contribution in [2.75, 3.05) is 0 Å². The highest BCUT2D eigenvalue weighted by Gasteiger charge is 2.23. The maximum absolute atomic E-state index is 10.9. The number of hydrogen-bond acceptors (Lipinski definition) is 4. The molecule has 5 heteroatoms. The van der Waals surface area contributed by atoms with Crippen LogP contribution in [0.4, 0.5) is 0 Å². The van der Waals surface area contributed by atoms with Crippen molar-refractivity contribution in [1.29, 1.82) is 0 Å². The van der Waals surface area contributed by atoms with Crippen molar-refractivity contribution < 1.29 is 24.9 Å². The third-order valence-corrected chi connectivity index (χ3v) is 4.01. The number of benzene rings is 3. The van der Waals surface area contributed by atoms with Crippen molar-refractivity contribution >= 4 is 16.7 Å². The predicted octanol–water partition coefficient (Wildman–Crippen LogP) is 3.67. The largest absolute Gasteiger partial charge is 0.507 e. The number of aliphatic hydroxyl groups is 1. The molecule has 3 N–H and O–H groups in total. The number of carboxylic acids is 1. The Labute approximate surface area is 150 Å². The Kier molecular flexibility index (Phi) is 5.20.